The zero-order valence-corrected chi connectivity index (χ0v) is 13.1. The average molecular weight is 310 g/mol. The number of nitrogens with one attached hydrogen (secondary N) is 1. The van der Waals surface area contributed by atoms with Gasteiger partial charge in [0.15, 0.2) is 5.82 Å². The number of hydrogen-bond donors (Lipinski definition) is 1. The van der Waals surface area contributed by atoms with Crippen molar-refractivity contribution in [2.75, 3.05) is 11.9 Å². The molecule has 2 aromatic rings. The van der Waals surface area contributed by atoms with E-state index in [1.165, 1.54) is 0 Å². The third-order valence-electron chi connectivity index (χ3n) is 2.89. The molecule has 0 aliphatic heterocycles. The minimum Gasteiger partial charge on any atom is -0.370 e. The SMILES string of the molecule is CCCNc1cc(CC)nc(-c2cccc(Cl)c2Cl)n1. The fourth-order valence-electron chi connectivity index (χ4n) is 1.82. The molecule has 0 radical (unpaired) electrons. The van der Waals surface area contributed by atoms with Crippen molar-refractivity contribution in [2.45, 2.75) is 26.7 Å². The summed E-state index contributed by atoms with van der Waals surface area (Å²) in [5, 5.41) is 4.29. The molecule has 3 nitrogen and oxygen atoms in total. The standard InChI is InChI=1S/C15H17Cl2N3/c1-3-8-18-13-9-10(4-2)19-15(20-13)11-6-5-7-12(16)14(11)17/h5-7,9H,3-4,8H2,1-2H3,(H,18,19,20). The van der Waals surface area contributed by atoms with Crippen LogP contribution in [-0.2, 0) is 6.42 Å². The fraction of sp³-hybridized carbons (Fsp3) is 0.333. The first kappa shape index (κ1) is 15.1. The van der Waals surface area contributed by atoms with Crippen LogP contribution >= 0.6 is 23.2 Å². The highest BCUT2D eigenvalue weighted by Gasteiger charge is 2.11. The summed E-state index contributed by atoms with van der Waals surface area (Å²) in [6.07, 6.45) is 1.88. The lowest BCUT2D eigenvalue weighted by molar-refractivity contribution is 0.951. The Kier molecular flexibility index (Phi) is 5.21. The third kappa shape index (κ3) is 3.41. The number of rotatable bonds is 5. The molecular weight excluding hydrogens is 293 g/mol. The van der Waals surface area contributed by atoms with Gasteiger partial charge in [-0.2, -0.15) is 0 Å². The van der Waals surface area contributed by atoms with Crippen molar-refractivity contribution in [1.29, 1.82) is 0 Å². The van der Waals surface area contributed by atoms with E-state index in [0.717, 1.165) is 36.5 Å². The van der Waals surface area contributed by atoms with Crippen molar-refractivity contribution in [3.8, 4) is 11.4 Å². The maximum absolute atomic E-state index is 6.25. The second kappa shape index (κ2) is 6.91. The Bertz CT molecular complexity index is 600. The second-order valence-electron chi connectivity index (χ2n) is 4.45. The molecule has 0 saturated carbocycles. The predicted molar refractivity (Wildman–Crippen MR) is 85.6 cm³/mol. The molecule has 2 rings (SSSR count). The summed E-state index contributed by atoms with van der Waals surface area (Å²) < 4.78 is 0. The Morgan fingerprint density at radius 1 is 1.15 bits per heavy atom. The molecule has 0 amide bonds. The molecule has 1 aromatic carbocycles. The minimum absolute atomic E-state index is 0.490. The summed E-state index contributed by atoms with van der Waals surface area (Å²) in [4.78, 5) is 9.06. The molecule has 1 N–H and O–H groups in total. The van der Waals surface area contributed by atoms with Crippen LogP contribution < -0.4 is 5.32 Å². The van der Waals surface area contributed by atoms with Crippen LogP contribution in [0, 0.1) is 0 Å². The Morgan fingerprint density at radius 3 is 2.65 bits per heavy atom. The van der Waals surface area contributed by atoms with Crippen molar-refractivity contribution < 1.29 is 0 Å². The Balaban J connectivity index is 2.47. The van der Waals surface area contributed by atoms with E-state index in [-0.39, 0.29) is 0 Å². The van der Waals surface area contributed by atoms with Crippen LogP contribution in [-0.4, -0.2) is 16.5 Å². The summed E-state index contributed by atoms with van der Waals surface area (Å²) in [7, 11) is 0. The number of hydrogen-bond acceptors (Lipinski definition) is 3. The molecular formula is C15H17Cl2N3. The lowest BCUT2D eigenvalue weighted by Crippen LogP contribution is -2.05. The van der Waals surface area contributed by atoms with Gasteiger partial charge in [0, 0.05) is 23.9 Å². The van der Waals surface area contributed by atoms with Crippen LogP contribution in [0.4, 0.5) is 5.82 Å². The van der Waals surface area contributed by atoms with E-state index < -0.39 is 0 Å². The summed E-state index contributed by atoms with van der Waals surface area (Å²) in [6.45, 7) is 5.06. The molecule has 1 heterocycles. The topological polar surface area (TPSA) is 37.8 Å². The van der Waals surface area contributed by atoms with Gasteiger partial charge in [-0.1, -0.05) is 43.1 Å². The molecule has 1 aromatic heterocycles. The zero-order valence-electron chi connectivity index (χ0n) is 11.6. The first-order valence-corrected chi connectivity index (χ1v) is 7.47. The first-order chi connectivity index (χ1) is 9.65. The van der Waals surface area contributed by atoms with Gasteiger partial charge < -0.3 is 5.32 Å². The lowest BCUT2D eigenvalue weighted by atomic mass is 10.2. The van der Waals surface area contributed by atoms with Crippen molar-refractivity contribution >= 4 is 29.0 Å². The normalized spacial score (nSPS) is 10.6. The lowest BCUT2D eigenvalue weighted by Gasteiger charge is -2.10. The van der Waals surface area contributed by atoms with E-state index in [1.807, 2.05) is 18.2 Å². The number of anilines is 1. The quantitative estimate of drug-likeness (QED) is 0.859. The summed E-state index contributed by atoms with van der Waals surface area (Å²) in [5.41, 5.74) is 1.73. The number of aryl methyl sites for hydroxylation is 1. The van der Waals surface area contributed by atoms with Gasteiger partial charge in [0.2, 0.25) is 0 Å². The molecule has 0 fully saturated rings. The van der Waals surface area contributed by atoms with Gasteiger partial charge in [-0.15, -0.1) is 0 Å². The van der Waals surface area contributed by atoms with E-state index in [2.05, 4.69) is 29.1 Å². The molecule has 106 valence electrons. The number of halogens is 2. The van der Waals surface area contributed by atoms with Gasteiger partial charge in [0.05, 0.1) is 10.0 Å². The Hall–Kier alpha value is -1.32. The fourth-order valence-corrected chi connectivity index (χ4v) is 2.20. The largest absolute Gasteiger partial charge is 0.370 e. The van der Waals surface area contributed by atoms with Crippen molar-refractivity contribution in [2.24, 2.45) is 0 Å². The molecule has 0 atom stereocenters. The Labute approximate surface area is 129 Å². The number of benzene rings is 1. The third-order valence-corrected chi connectivity index (χ3v) is 3.71. The number of nitrogens with zero attached hydrogens (tertiary/aromatic N) is 2. The minimum atomic E-state index is 0.490. The molecule has 20 heavy (non-hydrogen) atoms. The summed E-state index contributed by atoms with van der Waals surface area (Å²) in [5.74, 6) is 1.43. The van der Waals surface area contributed by atoms with Gasteiger partial charge >= 0.3 is 0 Å². The highest BCUT2D eigenvalue weighted by Crippen LogP contribution is 2.32. The molecule has 0 aliphatic carbocycles. The predicted octanol–water partition coefficient (Wildman–Crippen LogP) is 4.83. The van der Waals surface area contributed by atoms with E-state index >= 15 is 0 Å². The molecule has 5 heteroatoms. The van der Waals surface area contributed by atoms with Gasteiger partial charge in [-0.3, -0.25) is 0 Å². The highest BCUT2D eigenvalue weighted by atomic mass is 35.5. The maximum Gasteiger partial charge on any atom is 0.163 e. The van der Waals surface area contributed by atoms with Crippen LogP contribution in [0.25, 0.3) is 11.4 Å². The molecule has 0 saturated heterocycles. The Morgan fingerprint density at radius 2 is 1.95 bits per heavy atom. The van der Waals surface area contributed by atoms with E-state index in [4.69, 9.17) is 23.2 Å². The van der Waals surface area contributed by atoms with Crippen LogP contribution in [0.1, 0.15) is 26.0 Å². The number of aromatic nitrogens is 2. The van der Waals surface area contributed by atoms with Crippen LogP contribution in [0.2, 0.25) is 10.0 Å². The van der Waals surface area contributed by atoms with Crippen LogP contribution in [0.3, 0.4) is 0 Å². The molecule has 0 spiro atoms. The summed E-state index contributed by atoms with van der Waals surface area (Å²) in [6, 6.07) is 7.46. The van der Waals surface area contributed by atoms with Crippen LogP contribution in [0.5, 0.6) is 0 Å². The monoisotopic (exact) mass is 309 g/mol. The van der Waals surface area contributed by atoms with E-state index in [9.17, 15) is 0 Å². The van der Waals surface area contributed by atoms with Gasteiger partial charge in [0.25, 0.3) is 0 Å². The van der Waals surface area contributed by atoms with E-state index in [1.54, 1.807) is 6.07 Å². The first-order valence-electron chi connectivity index (χ1n) is 6.72. The van der Waals surface area contributed by atoms with Crippen molar-refractivity contribution in [1.82, 2.24) is 9.97 Å². The van der Waals surface area contributed by atoms with Gasteiger partial charge in [-0.05, 0) is 25.0 Å². The maximum atomic E-state index is 6.25. The van der Waals surface area contributed by atoms with Crippen molar-refractivity contribution in [3.05, 3.63) is 40.0 Å². The van der Waals surface area contributed by atoms with Crippen molar-refractivity contribution in [3.63, 3.8) is 0 Å². The molecule has 0 aliphatic rings. The zero-order chi connectivity index (χ0) is 14.5. The highest BCUT2D eigenvalue weighted by molar-refractivity contribution is 6.43. The second-order valence-corrected chi connectivity index (χ2v) is 5.24. The van der Waals surface area contributed by atoms with Gasteiger partial charge in [0.1, 0.15) is 5.82 Å². The smallest absolute Gasteiger partial charge is 0.163 e. The van der Waals surface area contributed by atoms with Gasteiger partial charge in [-0.25, -0.2) is 9.97 Å². The van der Waals surface area contributed by atoms with Crippen LogP contribution in [0.15, 0.2) is 24.3 Å². The summed E-state index contributed by atoms with van der Waals surface area (Å²) >= 11 is 12.3. The molecule has 0 bridgehead atoms. The van der Waals surface area contributed by atoms with E-state index in [0.29, 0.717) is 15.9 Å². The average Bonchev–Trinajstić information content (AvgIpc) is 2.47. The molecule has 0 unspecified atom stereocenters.